The number of nitrogens with zero attached hydrogens (tertiary/aromatic N) is 2. The van der Waals surface area contributed by atoms with E-state index in [1.807, 2.05) is 0 Å². The van der Waals surface area contributed by atoms with E-state index in [-0.39, 0.29) is 28.8 Å². The van der Waals surface area contributed by atoms with E-state index < -0.39 is 53.9 Å². The smallest absolute Gasteiger partial charge is 0.338 e. The largest absolute Gasteiger partial charge is 0.459 e. The lowest BCUT2D eigenvalue weighted by atomic mass is 10.1. The second-order valence-corrected chi connectivity index (χ2v) is 11.1. The standard InChI is InChI=1S/C31H26N4O8S/c32-25-24-26(34-31(39)44-24)35(17-33-25)27-23(43-30(38)20-14-8-3-9-15-20)22(42-29(37)19-12-6-2-7-13-19)21(41-27)16-40-28(36)18-10-4-1-5-11-18/h1-15,17,21-24,26-27,32H,16H2,(H,34,39)/t21-,22-,23-,24?,26?,27-/m1/s1. The highest BCUT2D eigenvalue weighted by Gasteiger charge is 2.56. The van der Waals surface area contributed by atoms with Crippen LogP contribution in [0.15, 0.2) is 96.0 Å². The zero-order chi connectivity index (χ0) is 30.6. The van der Waals surface area contributed by atoms with Gasteiger partial charge >= 0.3 is 17.9 Å². The Hall–Kier alpha value is -5.01. The number of fused-ring (bicyclic) bond motifs is 1. The first-order valence-corrected chi connectivity index (χ1v) is 14.5. The molecule has 6 rings (SSSR count). The van der Waals surface area contributed by atoms with Crippen LogP contribution in [-0.2, 0) is 18.9 Å². The lowest BCUT2D eigenvalue weighted by Crippen LogP contribution is -2.59. The van der Waals surface area contributed by atoms with Crippen molar-refractivity contribution in [3.63, 3.8) is 0 Å². The highest BCUT2D eigenvalue weighted by atomic mass is 32.2. The maximum absolute atomic E-state index is 13.4. The average molecular weight is 615 g/mol. The van der Waals surface area contributed by atoms with Crippen LogP contribution in [0.25, 0.3) is 0 Å². The molecule has 2 N–H and O–H groups in total. The molecule has 2 fully saturated rings. The number of nitrogens with one attached hydrogen (secondary N) is 2. The zero-order valence-corrected chi connectivity index (χ0v) is 23.8. The van der Waals surface area contributed by atoms with E-state index in [0.29, 0.717) is 5.56 Å². The Morgan fingerprint density at radius 2 is 1.34 bits per heavy atom. The topological polar surface area (TPSA) is 157 Å². The molecule has 0 saturated carbocycles. The van der Waals surface area contributed by atoms with Crippen molar-refractivity contribution in [3.05, 3.63) is 108 Å². The Labute approximate surface area is 255 Å². The van der Waals surface area contributed by atoms with Gasteiger partial charge in [-0.3, -0.25) is 10.2 Å². The van der Waals surface area contributed by atoms with Crippen LogP contribution in [0.4, 0.5) is 4.79 Å². The van der Waals surface area contributed by atoms with Gasteiger partial charge in [0, 0.05) is 0 Å². The minimum atomic E-state index is -1.27. The van der Waals surface area contributed by atoms with Crippen LogP contribution >= 0.6 is 11.8 Å². The Morgan fingerprint density at radius 3 is 1.91 bits per heavy atom. The summed E-state index contributed by atoms with van der Waals surface area (Å²) in [5.74, 6) is -2.08. The van der Waals surface area contributed by atoms with Crippen LogP contribution in [0.5, 0.6) is 0 Å². The van der Waals surface area contributed by atoms with Gasteiger partial charge in [0.25, 0.3) is 5.24 Å². The number of hydrogen-bond acceptors (Lipinski definition) is 11. The van der Waals surface area contributed by atoms with Crippen LogP contribution in [-0.4, -0.2) is 82.8 Å². The Balaban J connectivity index is 1.34. The fourth-order valence-electron chi connectivity index (χ4n) is 5.04. The van der Waals surface area contributed by atoms with E-state index in [1.165, 1.54) is 11.2 Å². The van der Waals surface area contributed by atoms with Crippen LogP contribution in [0, 0.1) is 5.41 Å². The molecule has 3 aromatic rings. The number of benzene rings is 3. The first-order valence-electron chi connectivity index (χ1n) is 13.7. The number of carbonyl (C=O) groups excluding carboxylic acids is 4. The quantitative estimate of drug-likeness (QED) is 0.284. The predicted octanol–water partition coefficient (Wildman–Crippen LogP) is 3.49. The molecule has 0 radical (unpaired) electrons. The van der Waals surface area contributed by atoms with Crippen molar-refractivity contribution in [1.29, 1.82) is 5.41 Å². The number of amides is 1. The van der Waals surface area contributed by atoms with E-state index in [0.717, 1.165) is 11.8 Å². The van der Waals surface area contributed by atoms with E-state index in [1.54, 1.807) is 91.0 Å². The number of esters is 3. The Bertz CT molecular complexity index is 1590. The van der Waals surface area contributed by atoms with Crippen LogP contribution < -0.4 is 5.32 Å². The summed E-state index contributed by atoms with van der Waals surface area (Å²) in [4.78, 5) is 57.5. The molecule has 3 heterocycles. The highest BCUT2D eigenvalue weighted by molar-refractivity contribution is 8.15. The third kappa shape index (κ3) is 6.05. The van der Waals surface area contributed by atoms with Gasteiger partial charge in [-0.2, -0.15) is 0 Å². The van der Waals surface area contributed by atoms with E-state index in [2.05, 4.69) is 10.3 Å². The molecular weight excluding hydrogens is 588 g/mol. The lowest BCUT2D eigenvalue weighted by Gasteiger charge is -2.38. The fraction of sp³-hybridized carbons (Fsp3) is 0.226. The third-order valence-corrected chi connectivity index (χ3v) is 8.25. The molecule has 3 aliphatic rings. The first kappa shape index (κ1) is 29.1. The van der Waals surface area contributed by atoms with E-state index in [4.69, 9.17) is 24.4 Å². The number of ether oxygens (including phenoxy) is 4. The molecule has 3 aromatic carbocycles. The van der Waals surface area contributed by atoms with Crippen molar-refractivity contribution < 1.29 is 38.1 Å². The van der Waals surface area contributed by atoms with Gasteiger partial charge in [-0.05, 0) is 48.2 Å². The fourth-order valence-corrected chi connectivity index (χ4v) is 5.97. The van der Waals surface area contributed by atoms with Gasteiger partial charge in [-0.25, -0.2) is 19.4 Å². The molecule has 12 nitrogen and oxygen atoms in total. The maximum Gasteiger partial charge on any atom is 0.338 e. The van der Waals surface area contributed by atoms with Crippen LogP contribution in [0.2, 0.25) is 0 Å². The number of aliphatic imine (C=N–C) groups is 1. The second-order valence-electron chi connectivity index (χ2n) is 9.99. The van der Waals surface area contributed by atoms with Crippen LogP contribution in [0.3, 0.4) is 0 Å². The molecule has 2 unspecified atom stereocenters. The summed E-state index contributed by atoms with van der Waals surface area (Å²) in [5, 5.41) is 9.98. The van der Waals surface area contributed by atoms with Crippen molar-refractivity contribution in [2.75, 3.05) is 6.61 Å². The highest BCUT2D eigenvalue weighted by Crippen LogP contribution is 2.36. The third-order valence-electron chi connectivity index (χ3n) is 7.18. The zero-order valence-electron chi connectivity index (χ0n) is 23.0. The minimum absolute atomic E-state index is 0.0224. The normalized spacial score (nSPS) is 25.6. The Kier molecular flexibility index (Phi) is 8.39. The molecule has 3 aliphatic heterocycles. The lowest BCUT2D eigenvalue weighted by molar-refractivity contribution is -0.0880. The molecule has 0 aliphatic carbocycles. The summed E-state index contributed by atoms with van der Waals surface area (Å²) in [5.41, 5.74) is 0.800. The number of rotatable bonds is 8. The number of thioether (sulfide) groups is 1. The molecule has 1 amide bonds. The molecule has 13 heteroatoms. The molecule has 0 spiro atoms. The Morgan fingerprint density at radius 1 is 0.818 bits per heavy atom. The van der Waals surface area contributed by atoms with Crippen molar-refractivity contribution in [2.45, 2.75) is 36.0 Å². The molecule has 44 heavy (non-hydrogen) atoms. The summed E-state index contributed by atoms with van der Waals surface area (Å²) in [6, 6.07) is 24.8. The van der Waals surface area contributed by atoms with Gasteiger partial charge in [-0.1, -0.05) is 54.6 Å². The van der Waals surface area contributed by atoms with Crippen molar-refractivity contribution in [1.82, 2.24) is 10.2 Å². The minimum Gasteiger partial charge on any atom is -0.459 e. The van der Waals surface area contributed by atoms with Gasteiger partial charge < -0.3 is 29.2 Å². The van der Waals surface area contributed by atoms with Crippen molar-refractivity contribution in [2.24, 2.45) is 4.99 Å². The number of amidine groups is 1. The second kappa shape index (κ2) is 12.7. The van der Waals surface area contributed by atoms with Gasteiger partial charge in [-0.15, -0.1) is 0 Å². The van der Waals surface area contributed by atoms with Crippen molar-refractivity contribution >= 4 is 47.1 Å². The van der Waals surface area contributed by atoms with E-state index >= 15 is 0 Å². The molecule has 0 bridgehead atoms. The molecular formula is C31H26N4O8S. The monoisotopic (exact) mass is 614 g/mol. The average Bonchev–Trinajstić information content (AvgIpc) is 3.61. The SMILES string of the molecule is N=C1N=CN([C@@H]2O[C@H](COC(=O)c3ccccc3)[C@@H](OC(=O)c3ccccc3)[C@H]2OC(=O)c2ccccc2)C2NC(=O)SC12. The maximum atomic E-state index is 13.4. The number of carbonyl (C=O) groups is 4. The summed E-state index contributed by atoms with van der Waals surface area (Å²) in [6.07, 6.45) is -4.21. The van der Waals surface area contributed by atoms with Gasteiger partial charge in [0.15, 0.2) is 18.4 Å². The van der Waals surface area contributed by atoms with Gasteiger partial charge in [0.2, 0.25) is 0 Å². The number of hydrogen-bond donors (Lipinski definition) is 2. The van der Waals surface area contributed by atoms with Crippen LogP contribution in [0.1, 0.15) is 31.1 Å². The molecule has 6 atom stereocenters. The predicted molar refractivity (Wildman–Crippen MR) is 158 cm³/mol. The summed E-state index contributed by atoms with van der Waals surface area (Å²) in [7, 11) is 0. The van der Waals surface area contributed by atoms with Gasteiger partial charge in [0.05, 0.1) is 23.0 Å². The summed E-state index contributed by atoms with van der Waals surface area (Å²) in [6.45, 7) is -0.355. The van der Waals surface area contributed by atoms with Gasteiger partial charge in [0.1, 0.15) is 30.0 Å². The van der Waals surface area contributed by atoms with Crippen molar-refractivity contribution in [3.8, 4) is 0 Å². The molecule has 0 aromatic heterocycles. The molecule has 224 valence electrons. The van der Waals surface area contributed by atoms with E-state index in [9.17, 15) is 19.2 Å². The summed E-state index contributed by atoms with van der Waals surface area (Å²) < 4.78 is 23.8. The molecule has 2 saturated heterocycles. The first-order chi connectivity index (χ1) is 21.4. The summed E-state index contributed by atoms with van der Waals surface area (Å²) >= 11 is 0.905.